The molecular weight excluding hydrogens is 333 g/mol. The van der Waals surface area contributed by atoms with Gasteiger partial charge in [0.15, 0.2) is 0 Å². The molecule has 1 heterocycles. The van der Waals surface area contributed by atoms with Gasteiger partial charge in [-0.05, 0) is 29.8 Å². The molecule has 122 valence electrons. The van der Waals surface area contributed by atoms with Crippen molar-refractivity contribution in [1.82, 2.24) is 9.88 Å². The van der Waals surface area contributed by atoms with Gasteiger partial charge in [-0.25, -0.2) is 0 Å². The van der Waals surface area contributed by atoms with Crippen LogP contribution in [0.5, 0.6) is 0 Å². The first-order chi connectivity index (χ1) is 10.8. The number of benzene rings is 1. The molecule has 2 rings (SSSR count). The lowest BCUT2D eigenvalue weighted by atomic mass is 10.2. The van der Waals surface area contributed by atoms with Gasteiger partial charge in [0, 0.05) is 17.8 Å². The quantitative estimate of drug-likeness (QED) is 0.927. The van der Waals surface area contributed by atoms with Gasteiger partial charge in [-0.15, -0.1) is 0 Å². The Morgan fingerprint density at radius 2 is 1.83 bits per heavy atom. The molecule has 1 aromatic carbocycles. The average Bonchev–Trinajstić information content (AvgIpc) is 2.47. The van der Waals surface area contributed by atoms with Gasteiger partial charge in [0.25, 0.3) is 5.56 Å². The summed E-state index contributed by atoms with van der Waals surface area (Å²) >= 11 is 5.73. The number of hydrogen-bond acceptors (Lipinski definition) is 2. The number of amides is 1. The van der Waals surface area contributed by atoms with Crippen LogP contribution in [0.2, 0.25) is 5.02 Å². The highest BCUT2D eigenvalue weighted by molar-refractivity contribution is 6.30. The van der Waals surface area contributed by atoms with Crippen LogP contribution >= 0.6 is 11.6 Å². The van der Waals surface area contributed by atoms with E-state index in [9.17, 15) is 22.8 Å². The van der Waals surface area contributed by atoms with Gasteiger partial charge < -0.3 is 9.88 Å². The Hall–Kier alpha value is -2.28. The van der Waals surface area contributed by atoms with Crippen LogP contribution in [0.4, 0.5) is 13.2 Å². The van der Waals surface area contributed by atoms with Crippen LogP contribution in [0.25, 0.3) is 0 Å². The smallest absolute Gasteiger partial charge is 0.350 e. The highest BCUT2D eigenvalue weighted by Crippen LogP contribution is 2.25. The number of hydrogen-bond donors (Lipinski definition) is 1. The van der Waals surface area contributed by atoms with E-state index in [0.29, 0.717) is 11.1 Å². The van der Waals surface area contributed by atoms with Gasteiger partial charge in [0.05, 0.1) is 0 Å². The first-order valence-corrected chi connectivity index (χ1v) is 6.93. The summed E-state index contributed by atoms with van der Waals surface area (Å²) in [6.07, 6.45) is -3.61. The van der Waals surface area contributed by atoms with E-state index < -0.39 is 29.8 Å². The number of nitrogens with one attached hydrogen (secondary N) is 1. The van der Waals surface area contributed by atoms with Gasteiger partial charge in [-0.3, -0.25) is 9.59 Å². The molecule has 0 atom stereocenters. The molecule has 0 aliphatic rings. The highest BCUT2D eigenvalue weighted by Gasteiger charge is 2.34. The lowest BCUT2D eigenvalue weighted by Gasteiger charge is -2.10. The van der Waals surface area contributed by atoms with E-state index in [1.54, 1.807) is 24.3 Å². The van der Waals surface area contributed by atoms with E-state index >= 15 is 0 Å². The van der Waals surface area contributed by atoms with E-state index in [0.717, 1.165) is 22.4 Å². The maximum absolute atomic E-state index is 12.6. The van der Waals surface area contributed by atoms with E-state index in [-0.39, 0.29) is 6.54 Å². The molecule has 0 aliphatic heterocycles. The minimum atomic E-state index is -4.75. The van der Waals surface area contributed by atoms with E-state index in [1.165, 1.54) is 0 Å². The predicted molar refractivity (Wildman–Crippen MR) is 79.0 cm³/mol. The predicted octanol–water partition coefficient (Wildman–Crippen LogP) is 2.84. The van der Waals surface area contributed by atoms with Crippen LogP contribution in [0.1, 0.15) is 11.1 Å². The Morgan fingerprint density at radius 1 is 1.17 bits per heavy atom. The molecular formula is C15H12ClF3N2O2. The first kappa shape index (κ1) is 17.1. The molecule has 1 N–H and O–H groups in total. The van der Waals surface area contributed by atoms with Gasteiger partial charge >= 0.3 is 6.18 Å². The van der Waals surface area contributed by atoms with Crippen molar-refractivity contribution in [2.75, 3.05) is 0 Å². The number of pyridine rings is 1. The third-order valence-corrected chi connectivity index (χ3v) is 3.29. The first-order valence-electron chi connectivity index (χ1n) is 6.55. The lowest BCUT2D eigenvalue weighted by Crippen LogP contribution is -2.34. The number of rotatable bonds is 4. The van der Waals surface area contributed by atoms with Crippen molar-refractivity contribution < 1.29 is 18.0 Å². The van der Waals surface area contributed by atoms with Crippen LogP contribution in [0.15, 0.2) is 47.4 Å². The average molecular weight is 345 g/mol. The van der Waals surface area contributed by atoms with E-state index in [1.807, 2.05) is 0 Å². The Kier molecular flexibility index (Phi) is 5.10. The number of alkyl halides is 3. The minimum absolute atomic E-state index is 0.184. The Labute approximate surface area is 134 Å². The molecule has 0 spiro atoms. The van der Waals surface area contributed by atoms with Gasteiger partial charge in [0.1, 0.15) is 12.1 Å². The number of halogens is 4. The molecule has 0 aliphatic carbocycles. The van der Waals surface area contributed by atoms with Crippen molar-refractivity contribution in [3.8, 4) is 0 Å². The minimum Gasteiger partial charge on any atom is -0.350 e. The molecule has 23 heavy (non-hydrogen) atoms. The van der Waals surface area contributed by atoms with Crippen molar-refractivity contribution >= 4 is 17.5 Å². The van der Waals surface area contributed by atoms with Crippen molar-refractivity contribution in [2.45, 2.75) is 19.3 Å². The second kappa shape index (κ2) is 6.87. The maximum Gasteiger partial charge on any atom is 0.421 e. The summed E-state index contributed by atoms with van der Waals surface area (Å²) in [6, 6.07) is 8.49. The fourth-order valence-electron chi connectivity index (χ4n) is 1.89. The fraction of sp³-hybridized carbons (Fsp3) is 0.200. The van der Waals surface area contributed by atoms with Crippen LogP contribution in [-0.2, 0) is 24.1 Å². The second-order valence-corrected chi connectivity index (χ2v) is 5.19. The molecule has 1 aromatic heterocycles. The monoisotopic (exact) mass is 344 g/mol. The van der Waals surface area contributed by atoms with Gasteiger partial charge in [0.2, 0.25) is 5.91 Å². The van der Waals surface area contributed by atoms with Crippen LogP contribution in [0, 0.1) is 0 Å². The molecule has 0 bridgehead atoms. The summed E-state index contributed by atoms with van der Waals surface area (Å²) < 4.78 is 38.7. The van der Waals surface area contributed by atoms with Crippen LogP contribution < -0.4 is 10.9 Å². The highest BCUT2D eigenvalue weighted by atomic mass is 35.5. The molecule has 0 saturated heterocycles. The lowest BCUT2D eigenvalue weighted by molar-refractivity contribution is -0.139. The summed E-state index contributed by atoms with van der Waals surface area (Å²) in [5.41, 5.74) is -1.77. The van der Waals surface area contributed by atoms with Crippen molar-refractivity contribution in [3.63, 3.8) is 0 Å². The van der Waals surface area contributed by atoms with Gasteiger partial charge in [-0.1, -0.05) is 23.7 Å². The summed E-state index contributed by atoms with van der Waals surface area (Å²) in [7, 11) is 0. The molecule has 4 nitrogen and oxygen atoms in total. The number of carbonyl (C=O) groups is 1. The molecule has 0 saturated carbocycles. The zero-order valence-electron chi connectivity index (χ0n) is 11.7. The standard InChI is InChI=1S/C15H12ClF3N2O2/c16-11-5-3-10(4-6-11)8-20-13(22)9-21-7-1-2-12(14(21)23)15(17,18)19/h1-7H,8-9H2,(H,20,22). The fourth-order valence-corrected chi connectivity index (χ4v) is 2.02. The number of carbonyl (C=O) groups excluding carboxylic acids is 1. The molecule has 1 amide bonds. The maximum atomic E-state index is 12.6. The van der Waals surface area contributed by atoms with Crippen molar-refractivity contribution in [2.24, 2.45) is 0 Å². The van der Waals surface area contributed by atoms with Gasteiger partial charge in [-0.2, -0.15) is 13.2 Å². The number of aromatic nitrogens is 1. The summed E-state index contributed by atoms with van der Waals surface area (Å²) in [4.78, 5) is 23.5. The van der Waals surface area contributed by atoms with Crippen LogP contribution in [0.3, 0.4) is 0 Å². The topological polar surface area (TPSA) is 51.1 Å². The Morgan fingerprint density at radius 3 is 2.43 bits per heavy atom. The molecule has 0 radical (unpaired) electrons. The van der Waals surface area contributed by atoms with E-state index in [4.69, 9.17) is 11.6 Å². The zero-order chi connectivity index (χ0) is 17.0. The summed E-state index contributed by atoms with van der Waals surface area (Å²) in [6.45, 7) is -0.305. The normalized spacial score (nSPS) is 11.3. The van der Waals surface area contributed by atoms with Crippen LogP contribution in [-0.4, -0.2) is 10.5 Å². The molecule has 8 heteroatoms. The molecule has 2 aromatic rings. The number of nitrogens with zero attached hydrogens (tertiary/aromatic N) is 1. The van der Waals surface area contributed by atoms with E-state index in [2.05, 4.69) is 5.32 Å². The second-order valence-electron chi connectivity index (χ2n) is 4.76. The SMILES string of the molecule is O=C(Cn1cccc(C(F)(F)F)c1=O)NCc1ccc(Cl)cc1. The zero-order valence-corrected chi connectivity index (χ0v) is 12.5. The molecule has 0 fully saturated rings. The largest absolute Gasteiger partial charge is 0.421 e. The molecule has 0 unspecified atom stereocenters. The third kappa shape index (κ3) is 4.59. The Balaban J connectivity index is 2.03. The summed E-state index contributed by atoms with van der Waals surface area (Å²) in [5, 5.41) is 3.08. The third-order valence-electron chi connectivity index (χ3n) is 3.04. The van der Waals surface area contributed by atoms with Crippen molar-refractivity contribution in [3.05, 3.63) is 69.1 Å². The van der Waals surface area contributed by atoms with Crippen molar-refractivity contribution in [1.29, 1.82) is 0 Å². The summed E-state index contributed by atoms with van der Waals surface area (Å²) in [5.74, 6) is -0.568. The Bertz CT molecular complexity index is 755.